The minimum absolute atomic E-state index is 0.206. The lowest BCUT2D eigenvalue weighted by atomic mass is 10.2. The zero-order chi connectivity index (χ0) is 14.5. The number of aromatic hydroxyl groups is 1. The molecule has 1 aromatic carbocycles. The maximum atomic E-state index is 11.9. The molecule has 104 valence electrons. The van der Waals surface area contributed by atoms with Gasteiger partial charge >= 0.3 is 6.36 Å². The van der Waals surface area contributed by atoms with E-state index in [9.17, 15) is 23.1 Å². The summed E-state index contributed by atoms with van der Waals surface area (Å²) in [5.41, 5.74) is 0.319. The van der Waals surface area contributed by atoms with Crippen molar-refractivity contribution in [3.8, 4) is 11.5 Å². The molecule has 1 rings (SSSR count). The monoisotopic (exact) mass is 275 g/mol. The molecule has 2 N–H and O–H groups in total. The Morgan fingerprint density at radius 3 is 2.68 bits per heavy atom. The largest absolute Gasteiger partial charge is 0.573 e. The first-order valence-electron chi connectivity index (χ1n) is 5.27. The van der Waals surface area contributed by atoms with Crippen molar-refractivity contribution < 1.29 is 27.8 Å². The number of benzene rings is 1. The second kappa shape index (κ2) is 6.12. The summed E-state index contributed by atoms with van der Waals surface area (Å²) in [7, 11) is 0. The van der Waals surface area contributed by atoms with Gasteiger partial charge in [-0.25, -0.2) is 0 Å². The number of ether oxygens (including phenoxy) is 1. The van der Waals surface area contributed by atoms with E-state index in [1.807, 2.05) is 0 Å². The number of nitrogens with one attached hydrogen (secondary N) is 1. The van der Waals surface area contributed by atoms with Crippen LogP contribution < -0.4 is 10.1 Å². The van der Waals surface area contributed by atoms with E-state index in [4.69, 9.17) is 0 Å². The van der Waals surface area contributed by atoms with Gasteiger partial charge in [0.25, 0.3) is 0 Å². The number of phenolic OH excluding ortho intramolecular Hbond substituents is 1. The van der Waals surface area contributed by atoms with Crippen LogP contribution in [0.2, 0.25) is 0 Å². The summed E-state index contributed by atoms with van der Waals surface area (Å²) in [4.78, 5) is 10.6. The molecule has 0 aliphatic rings. The molecule has 0 aromatic heterocycles. The Labute approximate surface area is 107 Å². The van der Waals surface area contributed by atoms with Crippen LogP contribution in [0.5, 0.6) is 11.5 Å². The topological polar surface area (TPSA) is 58.6 Å². The molecule has 0 radical (unpaired) electrons. The van der Waals surface area contributed by atoms with E-state index in [2.05, 4.69) is 10.1 Å². The van der Waals surface area contributed by atoms with Gasteiger partial charge in [0.05, 0.1) is 0 Å². The SMILES string of the molecule is CC(=O)NCC=Cc1ccc(OC(F)(F)F)cc1O. The molecule has 0 unspecified atom stereocenters. The highest BCUT2D eigenvalue weighted by molar-refractivity contribution is 5.73. The number of rotatable bonds is 4. The van der Waals surface area contributed by atoms with Crippen LogP contribution in [0.3, 0.4) is 0 Å². The number of phenols is 1. The lowest BCUT2D eigenvalue weighted by Crippen LogP contribution is -2.19. The van der Waals surface area contributed by atoms with Crippen molar-refractivity contribution in [3.63, 3.8) is 0 Å². The van der Waals surface area contributed by atoms with E-state index in [-0.39, 0.29) is 18.2 Å². The van der Waals surface area contributed by atoms with Crippen LogP contribution in [0.1, 0.15) is 12.5 Å². The zero-order valence-corrected chi connectivity index (χ0v) is 9.99. The third-order valence-electron chi connectivity index (χ3n) is 2.00. The fourth-order valence-corrected chi connectivity index (χ4v) is 1.25. The summed E-state index contributed by atoms with van der Waals surface area (Å²) in [5, 5.41) is 12.0. The quantitative estimate of drug-likeness (QED) is 0.887. The van der Waals surface area contributed by atoms with Gasteiger partial charge in [-0.15, -0.1) is 13.2 Å². The fraction of sp³-hybridized carbons (Fsp3) is 0.250. The molecule has 0 spiro atoms. The summed E-state index contributed by atoms with van der Waals surface area (Å²) in [5.74, 6) is -1.05. The summed E-state index contributed by atoms with van der Waals surface area (Å²) in [6, 6.07) is 3.23. The summed E-state index contributed by atoms with van der Waals surface area (Å²) in [6.07, 6.45) is -1.77. The van der Waals surface area contributed by atoms with Gasteiger partial charge in [-0.05, 0) is 12.1 Å². The van der Waals surface area contributed by atoms with E-state index in [1.165, 1.54) is 19.1 Å². The lowest BCUT2D eigenvalue weighted by Gasteiger charge is -2.09. The van der Waals surface area contributed by atoms with Gasteiger partial charge in [0.15, 0.2) is 0 Å². The Balaban J connectivity index is 2.69. The lowest BCUT2D eigenvalue weighted by molar-refractivity contribution is -0.274. The van der Waals surface area contributed by atoms with Crippen LogP contribution in [-0.2, 0) is 4.79 Å². The van der Waals surface area contributed by atoms with Crippen molar-refractivity contribution in [2.45, 2.75) is 13.3 Å². The van der Waals surface area contributed by atoms with E-state index in [0.717, 1.165) is 12.1 Å². The molecule has 0 heterocycles. The predicted molar refractivity (Wildman–Crippen MR) is 62.5 cm³/mol. The third-order valence-corrected chi connectivity index (χ3v) is 2.00. The molecule has 0 saturated heterocycles. The molecule has 0 saturated carbocycles. The fourth-order valence-electron chi connectivity index (χ4n) is 1.25. The molecule has 7 heteroatoms. The van der Waals surface area contributed by atoms with Crippen molar-refractivity contribution in [3.05, 3.63) is 29.8 Å². The van der Waals surface area contributed by atoms with E-state index >= 15 is 0 Å². The molecule has 0 fully saturated rings. The van der Waals surface area contributed by atoms with Crippen molar-refractivity contribution in [2.75, 3.05) is 6.54 Å². The van der Waals surface area contributed by atoms with Crippen molar-refractivity contribution in [1.82, 2.24) is 5.32 Å². The predicted octanol–water partition coefficient (Wildman–Crippen LogP) is 2.44. The maximum absolute atomic E-state index is 11.9. The van der Waals surface area contributed by atoms with Gasteiger partial charge in [0.2, 0.25) is 5.91 Å². The van der Waals surface area contributed by atoms with Gasteiger partial charge in [0.1, 0.15) is 11.5 Å². The van der Waals surface area contributed by atoms with E-state index in [0.29, 0.717) is 5.56 Å². The number of halogens is 3. The van der Waals surface area contributed by atoms with Crippen molar-refractivity contribution in [1.29, 1.82) is 0 Å². The summed E-state index contributed by atoms with van der Waals surface area (Å²) in [6.45, 7) is 1.62. The molecule has 1 amide bonds. The Morgan fingerprint density at radius 2 is 2.16 bits per heavy atom. The molecule has 4 nitrogen and oxygen atoms in total. The average molecular weight is 275 g/mol. The first-order valence-corrected chi connectivity index (χ1v) is 5.27. The van der Waals surface area contributed by atoms with Gasteiger partial charge in [0, 0.05) is 25.1 Å². The van der Waals surface area contributed by atoms with Crippen molar-refractivity contribution in [2.24, 2.45) is 0 Å². The second-order valence-electron chi connectivity index (χ2n) is 3.61. The minimum Gasteiger partial charge on any atom is -0.507 e. The minimum atomic E-state index is -4.80. The normalized spacial score (nSPS) is 11.6. The van der Waals surface area contributed by atoms with Crippen LogP contribution in [0.4, 0.5) is 13.2 Å². The standard InChI is InChI=1S/C12H12F3NO3/c1-8(17)16-6-2-3-9-4-5-10(7-11(9)18)19-12(13,14)15/h2-5,7,18H,6H2,1H3,(H,16,17). The average Bonchev–Trinajstić information content (AvgIpc) is 2.24. The molecule has 1 aromatic rings. The van der Waals surface area contributed by atoms with Crippen LogP contribution >= 0.6 is 0 Å². The van der Waals surface area contributed by atoms with Gasteiger partial charge in [-0.1, -0.05) is 12.2 Å². The molecular weight excluding hydrogens is 263 g/mol. The van der Waals surface area contributed by atoms with E-state index in [1.54, 1.807) is 6.08 Å². The van der Waals surface area contributed by atoms with Crippen LogP contribution in [0.25, 0.3) is 6.08 Å². The Hall–Kier alpha value is -2.18. The van der Waals surface area contributed by atoms with Crippen molar-refractivity contribution >= 4 is 12.0 Å². The Bertz CT molecular complexity index is 484. The van der Waals surface area contributed by atoms with Gasteiger partial charge < -0.3 is 15.2 Å². The molecule has 0 aliphatic carbocycles. The highest BCUT2D eigenvalue weighted by Crippen LogP contribution is 2.28. The first-order chi connectivity index (χ1) is 8.78. The van der Waals surface area contributed by atoms with Gasteiger partial charge in [-0.2, -0.15) is 0 Å². The number of amides is 1. The number of carbonyl (C=O) groups excluding carboxylic acids is 1. The molecule has 19 heavy (non-hydrogen) atoms. The highest BCUT2D eigenvalue weighted by atomic mass is 19.4. The summed E-state index contributed by atoms with van der Waals surface area (Å²) >= 11 is 0. The summed E-state index contributed by atoms with van der Waals surface area (Å²) < 4.78 is 39.5. The van der Waals surface area contributed by atoms with Crippen LogP contribution in [0.15, 0.2) is 24.3 Å². The van der Waals surface area contributed by atoms with Crippen LogP contribution in [-0.4, -0.2) is 23.9 Å². The Kier molecular flexibility index (Phi) is 4.80. The molecular formula is C12H12F3NO3. The number of hydrogen-bond acceptors (Lipinski definition) is 3. The highest BCUT2D eigenvalue weighted by Gasteiger charge is 2.31. The van der Waals surface area contributed by atoms with Gasteiger partial charge in [-0.3, -0.25) is 4.79 Å². The number of hydrogen-bond donors (Lipinski definition) is 2. The zero-order valence-electron chi connectivity index (χ0n) is 9.99. The molecule has 0 bridgehead atoms. The maximum Gasteiger partial charge on any atom is 0.573 e. The second-order valence-corrected chi connectivity index (χ2v) is 3.61. The molecule has 0 atom stereocenters. The van der Waals surface area contributed by atoms with E-state index < -0.39 is 12.1 Å². The number of carbonyl (C=O) groups is 1. The van der Waals surface area contributed by atoms with Crippen LogP contribution in [0, 0.1) is 0 Å². The number of alkyl halides is 3. The smallest absolute Gasteiger partial charge is 0.507 e. The molecule has 0 aliphatic heterocycles. The third kappa shape index (κ3) is 5.80. The Morgan fingerprint density at radius 1 is 1.47 bits per heavy atom. The first kappa shape index (κ1) is 14.9.